The Kier molecular flexibility index (Phi) is 5.88. The van der Waals surface area contributed by atoms with E-state index in [0.717, 1.165) is 24.3 Å². The predicted molar refractivity (Wildman–Crippen MR) is 105 cm³/mol. The van der Waals surface area contributed by atoms with Gasteiger partial charge in [-0.2, -0.15) is 0 Å². The van der Waals surface area contributed by atoms with Crippen molar-refractivity contribution in [3.63, 3.8) is 0 Å². The molecule has 0 bridgehead atoms. The van der Waals surface area contributed by atoms with Gasteiger partial charge in [0.25, 0.3) is 0 Å². The minimum atomic E-state index is -0.527. The summed E-state index contributed by atoms with van der Waals surface area (Å²) in [5.41, 5.74) is 0. The van der Waals surface area contributed by atoms with Crippen LogP contribution in [-0.4, -0.2) is 49.7 Å². The Morgan fingerprint density at radius 1 is 1.04 bits per heavy atom. The number of hydrogen-bond donors (Lipinski definition) is 2. The molecule has 2 aromatic rings. The number of rotatable bonds is 6. The highest BCUT2D eigenvalue weighted by Gasteiger charge is 2.32. The summed E-state index contributed by atoms with van der Waals surface area (Å²) >= 11 is 0. The van der Waals surface area contributed by atoms with Crippen molar-refractivity contribution in [3.05, 3.63) is 48.5 Å². The lowest BCUT2D eigenvalue weighted by Crippen LogP contribution is -2.48. The molecule has 1 aliphatic heterocycles. The van der Waals surface area contributed by atoms with Crippen LogP contribution in [0.4, 0.5) is 0 Å². The molecule has 28 heavy (non-hydrogen) atoms. The van der Waals surface area contributed by atoms with Crippen LogP contribution < -0.4 is 24.3 Å². The first-order valence-corrected chi connectivity index (χ1v) is 9.82. The minimum Gasteiger partial charge on any atom is -0.493 e. The number of methoxy groups -OCH3 is 1. The fraction of sp³-hybridized carbons (Fsp3) is 0.455. The second-order valence-corrected chi connectivity index (χ2v) is 7.29. The first-order valence-electron chi connectivity index (χ1n) is 9.82. The maximum absolute atomic E-state index is 10.6. The van der Waals surface area contributed by atoms with Gasteiger partial charge in [0.1, 0.15) is 18.8 Å². The van der Waals surface area contributed by atoms with Crippen LogP contribution in [0.3, 0.4) is 0 Å². The van der Waals surface area contributed by atoms with Gasteiger partial charge in [-0.05, 0) is 43.5 Å². The standard InChI is InChI=1S/C22H27NO5/c1-25-19-6-2-4-8-21(19)28-18-11-10-15(12-17(18)24)23-13-16-14-26-20-7-3-5-9-22(20)27-16/h2-9,15-18,23-24H,10-14H2,1H3/t15-,16+,17-,18-/m0/s1. The lowest BCUT2D eigenvalue weighted by Gasteiger charge is -2.35. The summed E-state index contributed by atoms with van der Waals surface area (Å²) in [4.78, 5) is 0. The van der Waals surface area contributed by atoms with E-state index in [4.69, 9.17) is 18.9 Å². The Hall–Kier alpha value is -2.44. The molecule has 2 N–H and O–H groups in total. The number of aliphatic hydroxyl groups excluding tert-OH is 1. The van der Waals surface area contributed by atoms with Crippen LogP contribution >= 0.6 is 0 Å². The van der Waals surface area contributed by atoms with Gasteiger partial charge in [-0.1, -0.05) is 24.3 Å². The van der Waals surface area contributed by atoms with Gasteiger partial charge in [0.15, 0.2) is 23.0 Å². The molecule has 6 heteroatoms. The van der Waals surface area contributed by atoms with Crippen molar-refractivity contribution in [2.75, 3.05) is 20.3 Å². The zero-order valence-electron chi connectivity index (χ0n) is 16.0. The van der Waals surface area contributed by atoms with E-state index >= 15 is 0 Å². The molecule has 0 spiro atoms. The zero-order valence-corrected chi connectivity index (χ0v) is 16.0. The smallest absolute Gasteiger partial charge is 0.161 e. The molecule has 4 atom stereocenters. The quantitative estimate of drug-likeness (QED) is 0.797. The van der Waals surface area contributed by atoms with Gasteiger partial charge in [0, 0.05) is 12.6 Å². The van der Waals surface area contributed by atoms with Crippen LogP contribution in [0.25, 0.3) is 0 Å². The van der Waals surface area contributed by atoms with Crippen LogP contribution in [0.2, 0.25) is 0 Å². The second-order valence-electron chi connectivity index (χ2n) is 7.29. The third kappa shape index (κ3) is 4.34. The van der Waals surface area contributed by atoms with Crippen LogP contribution in [0, 0.1) is 0 Å². The number of para-hydroxylation sites is 4. The van der Waals surface area contributed by atoms with E-state index in [1.54, 1.807) is 7.11 Å². The minimum absolute atomic E-state index is 0.0328. The van der Waals surface area contributed by atoms with Crippen LogP contribution in [-0.2, 0) is 0 Å². The molecule has 1 saturated carbocycles. The van der Waals surface area contributed by atoms with Crippen LogP contribution in [0.1, 0.15) is 19.3 Å². The van der Waals surface area contributed by atoms with Gasteiger partial charge in [-0.3, -0.25) is 0 Å². The summed E-state index contributed by atoms with van der Waals surface area (Å²) < 4.78 is 23.1. The van der Waals surface area contributed by atoms with E-state index in [-0.39, 0.29) is 18.2 Å². The summed E-state index contributed by atoms with van der Waals surface area (Å²) in [7, 11) is 1.62. The number of aliphatic hydroxyl groups is 1. The molecule has 2 aliphatic rings. The van der Waals surface area contributed by atoms with Crippen molar-refractivity contribution in [3.8, 4) is 23.0 Å². The summed E-state index contributed by atoms with van der Waals surface area (Å²) in [6.07, 6.45) is 1.57. The number of benzene rings is 2. The molecular formula is C22H27NO5. The van der Waals surface area contributed by atoms with Gasteiger partial charge in [0.2, 0.25) is 0 Å². The average molecular weight is 385 g/mol. The second kappa shape index (κ2) is 8.71. The lowest BCUT2D eigenvalue weighted by atomic mass is 9.90. The highest BCUT2D eigenvalue weighted by Crippen LogP contribution is 2.32. The van der Waals surface area contributed by atoms with Crippen molar-refractivity contribution in [2.24, 2.45) is 0 Å². The SMILES string of the molecule is COc1ccccc1O[C@H]1CC[C@H](NC[C@@H]2COc3ccccc3O2)C[C@@H]1O. The maximum Gasteiger partial charge on any atom is 0.161 e. The zero-order chi connectivity index (χ0) is 19.3. The number of nitrogens with one attached hydrogen (secondary N) is 1. The van der Waals surface area contributed by atoms with Crippen molar-refractivity contribution in [1.82, 2.24) is 5.32 Å². The molecular weight excluding hydrogens is 358 g/mol. The number of hydrogen-bond acceptors (Lipinski definition) is 6. The Morgan fingerprint density at radius 3 is 2.57 bits per heavy atom. The highest BCUT2D eigenvalue weighted by atomic mass is 16.6. The Morgan fingerprint density at radius 2 is 1.79 bits per heavy atom. The molecule has 1 heterocycles. The van der Waals surface area contributed by atoms with E-state index in [0.29, 0.717) is 31.1 Å². The average Bonchev–Trinajstić information content (AvgIpc) is 2.74. The molecule has 4 rings (SSSR count). The van der Waals surface area contributed by atoms with Crippen molar-refractivity contribution >= 4 is 0 Å². The third-order valence-corrected chi connectivity index (χ3v) is 5.30. The Bertz CT molecular complexity index is 783. The van der Waals surface area contributed by atoms with Gasteiger partial charge in [-0.25, -0.2) is 0 Å². The largest absolute Gasteiger partial charge is 0.493 e. The van der Waals surface area contributed by atoms with Crippen LogP contribution in [0.15, 0.2) is 48.5 Å². The summed E-state index contributed by atoms with van der Waals surface area (Å²) in [5, 5.41) is 14.1. The normalized spacial score (nSPS) is 26.5. The summed E-state index contributed by atoms with van der Waals surface area (Å²) in [5.74, 6) is 2.94. The third-order valence-electron chi connectivity index (χ3n) is 5.30. The molecule has 0 saturated heterocycles. The first kappa shape index (κ1) is 18.9. The number of fused-ring (bicyclic) bond motifs is 1. The Balaban J connectivity index is 1.26. The summed E-state index contributed by atoms with van der Waals surface area (Å²) in [6, 6.07) is 15.5. The summed E-state index contributed by atoms with van der Waals surface area (Å²) in [6.45, 7) is 1.21. The van der Waals surface area contributed by atoms with E-state index in [1.165, 1.54) is 0 Å². The molecule has 0 radical (unpaired) electrons. The predicted octanol–water partition coefficient (Wildman–Crippen LogP) is 2.79. The van der Waals surface area contributed by atoms with Gasteiger partial charge >= 0.3 is 0 Å². The van der Waals surface area contributed by atoms with Crippen LogP contribution in [0.5, 0.6) is 23.0 Å². The van der Waals surface area contributed by atoms with Crippen molar-refractivity contribution < 1.29 is 24.1 Å². The first-order chi connectivity index (χ1) is 13.7. The maximum atomic E-state index is 10.6. The highest BCUT2D eigenvalue weighted by molar-refractivity contribution is 5.41. The molecule has 0 aromatic heterocycles. The van der Waals surface area contributed by atoms with E-state index in [1.807, 2.05) is 48.5 Å². The fourth-order valence-corrected chi connectivity index (χ4v) is 3.78. The molecule has 6 nitrogen and oxygen atoms in total. The van der Waals surface area contributed by atoms with Crippen molar-refractivity contribution in [1.29, 1.82) is 0 Å². The molecule has 1 aliphatic carbocycles. The van der Waals surface area contributed by atoms with E-state index in [2.05, 4.69) is 5.32 Å². The van der Waals surface area contributed by atoms with Gasteiger partial charge in [0.05, 0.1) is 13.2 Å². The van der Waals surface area contributed by atoms with Crippen molar-refractivity contribution in [2.45, 2.75) is 43.6 Å². The number of ether oxygens (including phenoxy) is 4. The molecule has 150 valence electrons. The van der Waals surface area contributed by atoms with E-state index < -0.39 is 6.10 Å². The molecule has 0 unspecified atom stereocenters. The molecule has 1 fully saturated rings. The van der Waals surface area contributed by atoms with Gasteiger partial charge < -0.3 is 29.4 Å². The monoisotopic (exact) mass is 385 g/mol. The fourth-order valence-electron chi connectivity index (χ4n) is 3.78. The topological polar surface area (TPSA) is 69.2 Å². The molecule has 2 aromatic carbocycles. The van der Waals surface area contributed by atoms with E-state index in [9.17, 15) is 5.11 Å². The Labute approximate surface area is 165 Å². The lowest BCUT2D eigenvalue weighted by molar-refractivity contribution is -0.00644. The molecule has 0 amide bonds. The van der Waals surface area contributed by atoms with Gasteiger partial charge in [-0.15, -0.1) is 0 Å².